The van der Waals surface area contributed by atoms with Crippen LogP contribution in [0.15, 0.2) is 47.5 Å². The van der Waals surface area contributed by atoms with E-state index >= 15 is 0 Å². The number of aliphatic imine (C=N–C) groups is 1. The second-order valence-corrected chi connectivity index (χ2v) is 6.52. The molecular weight excluding hydrogens is 545 g/mol. The molecule has 0 heterocycles. The summed E-state index contributed by atoms with van der Waals surface area (Å²) in [6, 6.07) is 11.5. The fourth-order valence-electron chi connectivity index (χ4n) is 2.48. The summed E-state index contributed by atoms with van der Waals surface area (Å²) in [7, 11) is 0. The molecule has 2 aromatic rings. The van der Waals surface area contributed by atoms with Gasteiger partial charge in [-0.1, -0.05) is 23.7 Å². The molecule has 0 aliphatic carbocycles. The van der Waals surface area contributed by atoms with E-state index in [1.807, 2.05) is 13.0 Å². The lowest BCUT2D eigenvalue weighted by Gasteiger charge is -2.15. The van der Waals surface area contributed by atoms with Gasteiger partial charge in [0.15, 0.2) is 12.6 Å². The first kappa shape index (κ1) is 26.7. The van der Waals surface area contributed by atoms with Gasteiger partial charge in [-0.15, -0.1) is 24.0 Å². The average molecular weight is 569 g/mol. The molecule has 0 radical (unpaired) electrons. The number of ether oxygens (including phenoxy) is 2. The maximum Gasteiger partial charge on any atom is 0.387 e. The van der Waals surface area contributed by atoms with E-state index in [0.717, 1.165) is 5.56 Å². The average Bonchev–Trinajstić information content (AvgIpc) is 2.70. The Bertz CT molecular complexity index is 887. The van der Waals surface area contributed by atoms with Crippen molar-refractivity contribution in [1.29, 1.82) is 0 Å². The third-order valence-electron chi connectivity index (χ3n) is 3.73. The lowest BCUT2D eigenvalue weighted by Crippen LogP contribution is -2.36. The number of halogens is 4. The van der Waals surface area contributed by atoms with Gasteiger partial charge in [-0.25, -0.2) is 4.99 Å². The van der Waals surface area contributed by atoms with Gasteiger partial charge in [-0.2, -0.15) is 8.78 Å². The lowest BCUT2D eigenvalue weighted by molar-refractivity contribution is -0.119. The molecule has 0 fully saturated rings. The zero-order valence-electron chi connectivity index (χ0n) is 16.7. The van der Waals surface area contributed by atoms with E-state index in [1.165, 1.54) is 12.1 Å². The number of benzene rings is 2. The zero-order chi connectivity index (χ0) is 21.9. The highest BCUT2D eigenvalue weighted by molar-refractivity contribution is 14.0. The number of nitrogens with two attached hydrogens (primary N) is 1. The van der Waals surface area contributed by atoms with Crippen molar-refractivity contribution in [1.82, 2.24) is 10.6 Å². The summed E-state index contributed by atoms with van der Waals surface area (Å²) >= 11 is 5.97. The van der Waals surface area contributed by atoms with Crippen LogP contribution in [0.2, 0.25) is 5.02 Å². The number of hydrogen-bond donors (Lipinski definition) is 3. The number of rotatable bonds is 10. The van der Waals surface area contributed by atoms with Crippen LogP contribution in [0.5, 0.6) is 11.5 Å². The zero-order valence-corrected chi connectivity index (χ0v) is 19.8. The van der Waals surface area contributed by atoms with Gasteiger partial charge in [-0.3, -0.25) is 4.79 Å². The van der Waals surface area contributed by atoms with Crippen LogP contribution >= 0.6 is 35.6 Å². The summed E-state index contributed by atoms with van der Waals surface area (Å²) in [5, 5.41) is 6.55. The van der Waals surface area contributed by atoms with Crippen LogP contribution in [0.3, 0.4) is 0 Å². The van der Waals surface area contributed by atoms with E-state index in [2.05, 4.69) is 20.4 Å². The lowest BCUT2D eigenvalue weighted by atomic mass is 10.2. The van der Waals surface area contributed by atoms with Crippen molar-refractivity contribution >= 4 is 47.4 Å². The van der Waals surface area contributed by atoms with Crippen LogP contribution in [0.1, 0.15) is 18.1 Å². The van der Waals surface area contributed by atoms with Crippen molar-refractivity contribution in [2.75, 3.05) is 13.2 Å². The van der Waals surface area contributed by atoms with Crippen LogP contribution in [-0.2, 0) is 17.9 Å². The summed E-state index contributed by atoms with van der Waals surface area (Å²) in [4.78, 5) is 15.3. The Hall–Kier alpha value is -2.34. The molecule has 0 atom stereocenters. The second kappa shape index (κ2) is 13.9. The number of amides is 1. The number of hydrogen-bond acceptors (Lipinski definition) is 4. The first-order chi connectivity index (χ1) is 14.4. The Morgan fingerprint density at radius 2 is 2.00 bits per heavy atom. The number of alkyl halides is 2. The molecular formula is C20H24ClF2IN4O3. The van der Waals surface area contributed by atoms with E-state index in [0.29, 0.717) is 35.4 Å². The first-order valence-corrected chi connectivity index (χ1v) is 9.50. The molecule has 11 heteroatoms. The normalized spacial score (nSPS) is 10.9. The molecule has 0 saturated heterocycles. The minimum Gasteiger partial charge on any atom is -0.484 e. The van der Waals surface area contributed by atoms with Crippen LogP contribution in [0.25, 0.3) is 0 Å². The minimum absolute atomic E-state index is 0. The van der Waals surface area contributed by atoms with E-state index in [-0.39, 0.29) is 42.9 Å². The molecule has 0 aliphatic heterocycles. The van der Waals surface area contributed by atoms with Crippen LogP contribution in [0.4, 0.5) is 8.78 Å². The van der Waals surface area contributed by atoms with Crippen molar-refractivity contribution in [3.63, 3.8) is 0 Å². The number of carbonyl (C=O) groups is 1. The molecule has 31 heavy (non-hydrogen) atoms. The standard InChI is InChI=1S/C20H23ClF2N4O3.HI/c1-2-25-20(26-10-13-4-3-5-16(8-13)29-12-18(24)28)27-11-14-9-15(21)6-7-17(14)30-19(22)23;/h3-9,19H,2,10-12H2,1H3,(H2,24,28)(H2,25,26,27);1H. The van der Waals surface area contributed by atoms with Crippen molar-refractivity contribution < 1.29 is 23.0 Å². The summed E-state index contributed by atoms with van der Waals surface area (Å²) in [6.07, 6.45) is 0. The number of primary amides is 1. The quantitative estimate of drug-likeness (QED) is 0.231. The van der Waals surface area contributed by atoms with Crippen molar-refractivity contribution in [2.24, 2.45) is 10.7 Å². The Balaban J connectivity index is 0.00000480. The van der Waals surface area contributed by atoms with Crippen LogP contribution in [0, 0.1) is 0 Å². The highest BCUT2D eigenvalue weighted by atomic mass is 127. The van der Waals surface area contributed by atoms with E-state index in [1.54, 1.807) is 24.3 Å². The molecule has 1 amide bonds. The van der Waals surface area contributed by atoms with Gasteiger partial charge in [0.25, 0.3) is 5.91 Å². The second-order valence-electron chi connectivity index (χ2n) is 6.08. The van der Waals surface area contributed by atoms with Gasteiger partial charge in [-0.05, 0) is 42.8 Å². The van der Waals surface area contributed by atoms with Crippen molar-refractivity contribution in [3.8, 4) is 11.5 Å². The van der Waals surface area contributed by atoms with E-state index in [9.17, 15) is 13.6 Å². The molecule has 0 spiro atoms. The van der Waals surface area contributed by atoms with Gasteiger partial charge in [0.2, 0.25) is 0 Å². The predicted octanol–water partition coefficient (Wildman–Crippen LogP) is 3.68. The molecule has 0 bridgehead atoms. The molecule has 0 aromatic heterocycles. The number of guanidine groups is 1. The van der Waals surface area contributed by atoms with E-state index < -0.39 is 12.5 Å². The Kier molecular flexibility index (Phi) is 11.9. The topological polar surface area (TPSA) is 98.0 Å². The maximum absolute atomic E-state index is 12.6. The van der Waals surface area contributed by atoms with Gasteiger partial charge in [0, 0.05) is 23.7 Å². The Morgan fingerprint density at radius 1 is 1.23 bits per heavy atom. The van der Waals surface area contributed by atoms with E-state index in [4.69, 9.17) is 22.1 Å². The number of nitrogens with one attached hydrogen (secondary N) is 2. The number of nitrogens with zero attached hydrogens (tertiary/aromatic N) is 1. The molecule has 0 aliphatic rings. The van der Waals surface area contributed by atoms with Crippen molar-refractivity contribution in [2.45, 2.75) is 26.6 Å². The Labute approximate surface area is 201 Å². The van der Waals surface area contributed by atoms with Gasteiger partial charge in [0.05, 0.1) is 6.54 Å². The molecule has 170 valence electrons. The monoisotopic (exact) mass is 568 g/mol. The third-order valence-corrected chi connectivity index (χ3v) is 3.96. The largest absolute Gasteiger partial charge is 0.484 e. The third kappa shape index (κ3) is 10.0. The SMILES string of the molecule is CCNC(=NCc1cccc(OCC(N)=O)c1)NCc1cc(Cl)ccc1OC(F)F.I. The van der Waals surface area contributed by atoms with Gasteiger partial charge < -0.3 is 25.8 Å². The highest BCUT2D eigenvalue weighted by Crippen LogP contribution is 2.24. The fraction of sp³-hybridized carbons (Fsp3) is 0.300. The maximum atomic E-state index is 12.6. The Morgan fingerprint density at radius 3 is 2.68 bits per heavy atom. The van der Waals surface area contributed by atoms with Crippen LogP contribution in [-0.4, -0.2) is 31.6 Å². The summed E-state index contributed by atoms with van der Waals surface area (Å²) < 4.78 is 35.0. The summed E-state index contributed by atoms with van der Waals surface area (Å²) in [5.74, 6) is 0.460. The molecule has 4 N–H and O–H groups in total. The smallest absolute Gasteiger partial charge is 0.387 e. The molecule has 0 unspecified atom stereocenters. The first-order valence-electron chi connectivity index (χ1n) is 9.12. The predicted molar refractivity (Wildman–Crippen MR) is 126 cm³/mol. The van der Waals surface area contributed by atoms with Crippen molar-refractivity contribution in [3.05, 3.63) is 58.6 Å². The van der Waals surface area contributed by atoms with Gasteiger partial charge in [0.1, 0.15) is 11.5 Å². The van der Waals surface area contributed by atoms with Crippen LogP contribution < -0.4 is 25.8 Å². The number of carbonyl (C=O) groups excluding carboxylic acids is 1. The molecule has 2 rings (SSSR count). The molecule has 2 aromatic carbocycles. The fourth-order valence-corrected chi connectivity index (χ4v) is 2.67. The minimum atomic E-state index is -2.93. The highest BCUT2D eigenvalue weighted by Gasteiger charge is 2.11. The molecule has 0 saturated carbocycles. The summed E-state index contributed by atoms with van der Waals surface area (Å²) in [5.41, 5.74) is 6.39. The summed E-state index contributed by atoms with van der Waals surface area (Å²) in [6.45, 7) is -0.144. The molecule has 7 nitrogen and oxygen atoms in total. The van der Waals surface area contributed by atoms with Gasteiger partial charge >= 0.3 is 6.61 Å².